The van der Waals surface area contributed by atoms with Gasteiger partial charge in [-0.3, -0.25) is 0 Å². The first-order valence-electron chi connectivity index (χ1n) is 9.81. The van der Waals surface area contributed by atoms with Crippen molar-refractivity contribution < 1.29 is 47.0 Å². The van der Waals surface area contributed by atoms with E-state index in [0.717, 1.165) is 37.9 Å². The zero-order valence-corrected chi connectivity index (χ0v) is 19.9. The van der Waals surface area contributed by atoms with Gasteiger partial charge in [0.15, 0.2) is 6.61 Å². The molecule has 0 heterocycles. The average Bonchev–Trinajstić information content (AvgIpc) is 3.02. The Balaban J connectivity index is 0.00000338. The number of esters is 1. The molecule has 0 atom stereocenters. The monoisotopic (exact) mass is 435 g/mol. The predicted octanol–water partition coefficient (Wildman–Crippen LogP) is 5.72. The van der Waals surface area contributed by atoms with Crippen molar-refractivity contribution in [2.75, 3.05) is 6.61 Å². The molecule has 1 aromatic carbocycles. The summed E-state index contributed by atoms with van der Waals surface area (Å²) < 4.78 is 11.4. The third-order valence-corrected chi connectivity index (χ3v) is 5.55. The standard InChI is InChI=1S/C22H34O3.Y/c1-6-22(13-7-8-14-22)25-20(23)15-24-19-11-9-18(10-12-19)21(16(2)3)17(4)5;/h9-12,16-17,21H,6-8,13-15H2,1-5H3;. The van der Waals surface area contributed by atoms with Gasteiger partial charge in [-0.2, -0.15) is 0 Å². The fourth-order valence-electron chi connectivity index (χ4n) is 4.29. The Kier molecular flexibility index (Phi) is 9.82. The Morgan fingerprint density at radius 2 is 1.58 bits per heavy atom. The van der Waals surface area contributed by atoms with Gasteiger partial charge in [-0.15, -0.1) is 0 Å². The van der Waals surface area contributed by atoms with Gasteiger partial charge in [-0.25, -0.2) is 4.79 Å². The largest absolute Gasteiger partial charge is 0.482 e. The quantitative estimate of drug-likeness (QED) is 0.490. The van der Waals surface area contributed by atoms with Gasteiger partial charge in [-0.1, -0.05) is 46.8 Å². The third kappa shape index (κ3) is 6.34. The molecule has 2 rings (SSSR count). The van der Waals surface area contributed by atoms with Crippen molar-refractivity contribution in [2.24, 2.45) is 11.8 Å². The molecule has 0 N–H and O–H groups in total. The van der Waals surface area contributed by atoms with Crippen molar-refractivity contribution >= 4 is 5.97 Å². The van der Waals surface area contributed by atoms with Gasteiger partial charge >= 0.3 is 5.97 Å². The summed E-state index contributed by atoms with van der Waals surface area (Å²) in [6, 6.07) is 8.17. The van der Waals surface area contributed by atoms with Crippen LogP contribution >= 0.6 is 0 Å². The van der Waals surface area contributed by atoms with Gasteiger partial charge in [0.25, 0.3) is 0 Å². The summed E-state index contributed by atoms with van der Waals surface area (Å²) >= 11 is 0. The Bertz CT molecular complexity index is 537. The minimum Gasteiger partial charge on any atom is -0.482 e. The van der Waals surface area contributed by atoms with Gasteiger partial charge < -0.3 is 9.47 Å². The van der Waals surface area contributed by atoms with Crippen LogP contribution in [0.15, 0.2) is 24.3 Å². The number of carbonyl (C=O) groups excluding carboxylic acids is 1. The first kappa shape index (κ1) is 23.6. The van der Waals surface area contributed by atoms with E-state index in [9.17, 15) is 4.79 Å². The van der Waals surface area contributed by atoms with Gasteiger partial charge in [0, 0.05) is 32.7 Å². The van der Waals surface area contributed by atoms with E-state index in [1.807, 2.05) is 12.1 Å². The average molecular weight is 435 g/mol. The summed E-state index contributed by atoms with van der Waals surface area (Å²) in [5.74, 6) is 2.20. The molecule has 26 heavy (non-hydrogen) atoms. The van der Waals surface area contributed by atoms with Crippen LogP contribution in [-0.2, 0) is 42.2 Å². The van der Waals surface area contributed by atoms with Gasteiger partial charge in [-0.05, 0) is 67.6 Å². The van der Waals surface area contributed by atoms with Crippen molar-refractivity contribution in [3.8, 4) is 5.75 Å². The van der Waals surface area contributed by atoms with Crippen LogP contribution in [-0.4, -0.2) is 18.2 Å². The minimum absolute atomic E-state index is 0. The molecular weight excluding hydrogens is 401 g/mol. The molecular formula is C22H34O3Y. The van der Waals surface area contributed by atoms with Crippen LogP contribution in [0, 0.1) is 11.8 Å². The topological polar surface area (TPSA) is 35.5 Å². The minimum atomic E-state index is -0.255. The molecule has 0 amide bonds. The maximum atomic E-state index is 12.1. The molecule has 0 bridgehead atoms. The van der Waals surface area contributed by atoms with E-state index < -0.39 is 0 Å². The number of carbonyl (C=O) groups is 1. The normalized spacial score (nSPS) is 16.0. The number of ether oxygens (including phenoxy) is 2. The molecule has 0 aliphatic heterocycles. The van der Waals surface area contributed by atoms with Crippen LogP contribution in [0.4, 0.5) is 0 Å². The second kappa shape index (κ2) is 10.8. The van der Waals surface area contributed by atoms with Crippen molar-refractivity contribution in [2.45, 2.75) is 78.2 Å². The molecule has 1 radical (unpaired) electrons. The zero-order valence-electron chi connectivity index (χ0n) is 17.1. The molecule has 0 unspecified atom stereocenters. The Hall–Kier alpha value is -0.406. The summed E-state index contributed by atoms with van der Waals surface area (Å²) in [6.45, 7) is 11.1. The van der Waals surface area contributed by atoms with E-state index in [2.05, 4.69) is 46.8 Å². The Morgan fingerprint density at radius 1 is 1.04 bits per heavy atom. The first-order chi connectivity index (χ1) is 11.9. The van der Waals surface area contributed by atoms with E-state index in [1.54, 1.807) is 0 Å². The maximum absolute atomic E-state index is 12.1. The maximum Gasteiger partial charge on any atom is 0.344 e. The molecule has 0 spiro atoms. The molecule has 4 heteroatoms. The fourth-order valence-corrected chi connectivity index (χ4v) is 4.29. The van der Waals surface area contributed by atoms with E-state index >= 15 is 0 Å². The van der Waals surface area contributed by atoms with E-state index in [4.69, 9.17) is 9.47 Å². The third-order valence-electron chi connectivity index (χ3n) is 5.55. The van der Waals surface area contributed by atoms with Crippen LogP contribution in [0.2, 0.25) is 0 Å². The second-order valence-electron chi connectivity index (χ2n) is 8.09. The fraction of sp³-hybridized carbons (Fsp3) is 0.682. The molecule has 1 fully saturated rings. The van der Waals surface area contributed by atoms with Crippen molar-refractivity contribution in [1.82, 2.24) is 0 Å². The molecule has 0 saturated heterocycles. The summed E-state index contributed by atoms with van der Waals surface area (Å²) in [5, 5.41) is 0. The number of hydrogen-bond acceptors (Lipinski definition) is 3. The summed E-state index contributed by atoms with van der Waals surface area (Å²) in [5.41, 5.74) is 1.09. The predicted molar refractivity (Wildman–Crippen MR) is 102 cm³/mol. The van der Waals surface area contributed by atoms with E-state index in [-0.39, 0.29) is 50.9 Å². The van der Waals surface area contributed by atoms with Crippen molar-refractivity contribution in [1.29, 1.82) is 0 Å². The van der Waals surface area contributed by atoms with Gasteiger partial charge in [0.05, 0.1) is 0 Å². The molecule has 1 aliphatic carbocycles. The van der Waals surface area contributed by atoms with Gasteiger partial charge in [0.2, 0.25) is 0 Å². The van der Waals surface area contributed by atoms with Crippen molar-refractivity contribution in [3.05, 3.63) is 29.8 Å². The molecule has 0 aromatic heterocycles. The summed E-state index contributed by atoms with van der Waals surface area (Å²) in [7, 11) is 0. The van der Waals surface area contributed by atoms with Crippen LogP contribution in [0.25, 0.3) is 0 Å². The van der Waals surface area contributed by atoms with Crippen LogP contribution < -0.4 is 4.74 Å². The zero-order chi connectivity index (χ0) is 18.4. The summed E-state index contributed by atoms with van der Waals surface area (Å²) in [4.78, 5) is 12.1. The Labute approximate surface area is 184 Å². The van der Waals surface area contributed by atoms with E-state index in [1.165, 1.54) is 5.56 Å². The molecule has 1 aliphatic rings. The molecule has 3 nitrogen and oxygen atoms in total. The second-order valence-corrected chi connectivity index (χ2v) is 8.09. The van der Waals surface area contributed by atoms with Crippen LogP contribution in [0.1, 0.15) is 78.2 Å². The first-order valence-corrected chi connectivity index (χ1v) is 9.81. The summed E-state index contributed by atoms with van der Waals surface area (Å²) in [6.07, 6.45) is 5.15. The molecule has 1 aromatic rings. The number of benzene rings is 1. The number of rotatable bonds is 8. The molecule has 1 saturated carbocycles. The molecule has 143 valence electrons. The SMILES string of the molecule is CCC1(OC(=O)COc2ccc(C(C(C)C)C(C)C)cc2)CCCC1.[Y]. The van der Waals surface area contributed by atoms with Gasteiger partial charge in [0.1, 0.15) is 11.4 Å². The Morgan fingerprint density at radius 3 is 2.04 bits per heavy atom. The smallest absolute Gasteiger partial charge is 0.344 e. The van der Waals surface area contributed by atoms with Crippen LogP contribution in [0.3, 0.4) is 0 Å². The van der Waals surface area contributed by atoms with Crippen molar-refractivity contribution in [3.63, 3.8) is 0 Å². The number of hydrogen-bond donors (Lipinski definition) is 0. The van der Waals surface area contributed by atoms with E-state index in [0.29, 0.717) is 17.8 Å². The van der Waals surface area contributed by atoms with Crippen LogP contribution in [0.5, 0.6) is 5.75 Å².